The summed E-state index contributed by atoms with van der Waals surface area (Å²) in [5, 5.41) is 2.85. The third-order valence-electron chi connectivity index (χ3n) is 1.93. The van der Waals surface area contributed by atoms with Gasteiger partial charge in [-0.3, -0.25) is 4.79 Å². The van der Waals surface area contributed by atoms with Crippen molar-refractivity contribution in [3.63, 3.8) is 0 Å². The minimum absolute atomic E-state index is 0.0796. The Labute approximate surface area is 87.2 Å². The summed E-state index contributed by atoms with van der Waals surface area (Å²) in [6.07, 6.45) is 3.20. The second-order valence-electron chi connectivity index (χ2n) is 3.77. The third-order valence-corrected chi connectivity index (χ3v) is 1.93. The molecule has 3 heteroatoms. The Balaban J connectivity index is 3.10. The molecule has 0 aliphatic rings. The summed E-state index contributed by atoms with van der Waals surface area (Å²) >= 11 is 0. The minimum atomic E-state index is 0.0796. The summed E-state index contributed by atoms with van der Waals surface area (Å²) in [5.74, 6) is 0.203. The van der Waals surface area contributed by atoms with E-state index in [9.17, 15) is 4.79 Å². The van der Waals surface area contributed by atoms with Gasteiger partial charge < -0.3 is 10.1 Å². The standard InChI is InChI=1S/C11H23NO2/c1-4-5-8-14-9-6-7-12-11(13)10(2)3/h10H,4-9H2,1-3H3,(H,12,13). The second kappa shape index (κ2) is 9.00. The van der Waals surface area contributed by atoms with Crippen LogP contribution < -0.4 is 5.32 Å². The molecule has 0 spiro atoms. The van der Waals surface area contributed by atoms with Crippen molar-refractivity contribution >= 4 is 5.91 Å². The Kier molecular flexibility index (Phi) is 8.64. The van der Waals surface area contributed by atoms with Gasteiger partial charge in [-0.05, 0) is 12.8 Å². The van der Waals surface area contributed by atoms with Crippen LogP contribution in [0, 0.1) is 5.92 Å². The van der Waals surface area contributed by atoms with Crippen molar-refractivity contribution in [2.75, 3.05) is 19.8 Å². The Morgan fingerprint density at radius 3 is 2.50 bits per heavy atom. The number of nitrogens with one attached hydrogen (secondary N) is 1. The molecule has 0 heterocycles. The smallest absolute Gasteiger partial charge is 0.222 e. The Bertz CT molecular complexity index is 146. The molecule has 1 N–H and O–H groups in total. The molecule has 84 valence electrons. The maximum Gasteiger partial charge on any atom is 0.222 e. The molecule has 0 bridgehead atoms. The van der Waals surface area contributed by atoms with E-state index < -0.39 is 0 Å². The van der Waals surface area contributed by atoms with Crippen molar-refractivity contribution < 1.29 is 9.53 Å². The highest BCUT2D eigenvalue weighted by atomic mass is 16.5. The molecule has 0 aromatic heterocycles. The van der Waals surface area contributed by atoms with Crippen molar-refractivity contribution in [3.8, 4) is 0 Å². The lowest BCUT2D eigenvalue weighted by Crippen LogP contribution is -2.29. The van der Waals surface area contributed by atoms with Gasteiger partial charge in [-0.25, -0.2) is 0 Å². The first-order valence-corrected chi connectivity index (χ1v) is 5.54. The van der Waals surface area contributed by atoms with Crippen LogP contribution in [0.4, 0.5) is 0 Å². The molecule has 14 heavy (non-hydrogen) atoms. The molecule has 0 aliphatic carbocycles. The molecule has 1 amide bonds. The number of hydrogen-bond acceptors (Lipinski definition) is 2. The number of ether oxygens (including phenoxy) is 1. The zero-order valence-electron chi connectivity index (χ0n) is 9.64. The first-order chi connectivity index (χ1) is 6.68. The average Bonchev–Trinajstić information content (AvgIpc) is 2.16. The SMILES string of the molecule is CCCCOCCCNC(=O)C(C)C. The summed E-state index contributed by atoms with van der Waals surface area (Å²) in [6, 6.07) is 0. The van der Waals surface area contributed by atoms with Gasteiger partial charge in [-0.1, -0.05) is 27.2 Å². The molecule has 0 radical (unpaired) electrons. The van der Waals surface area contributed by atoms with Gasteiger partial charge in [-0.2, -0.15) is 0 Å². The normalized spacial score (nSPS) is 10.6. The second-order valence-corrected chi connectivity index (χ2v) is 3.77. The third kappa shape index (κ3) is 8.05. The lowest BCUT2D eigenvalue weighted by atomic mass is 10.2. The van der Waals surface area contributed by atoms with E-state index in [1.165, 1.54) is 6.42 Å². The quantitative estimate of drug-likeness (QED) is 0.610. The molecule has 0 aromatic carbocycles. The highest BCUT2D eigenvalue weighted by molar-refractivity contribution is 5.77. The Morgan fingerprint density at radius 2 is 1.93 bits per heavy atom. The van der Waals surface area contributed by atoms with Crippen LogP contribution in [0.1, 0.15) is 40.0 Å². The van der Waals surface area contributed by atoms with Gasteiger partial charge in [-0.15, -0.1) is 0 Å². The Morgan fingerprint density at radius 1 is 1.29 bits per heavy atom. The van der Waals surface area contributed by atoms with E-state index in [1.807, 2.05) is 13.8 Å². The van der Waals surface area contributed by atoms with Gasteiger partial charge >= 0.3 is 0 Å². The molecule has 0 fully saturated rings. The van der Waals surface area contributed by atoms with Crippen LogP contribution in [-0.2, 0) is 9.53 Å². The number of unbranched alkanes of at least 4 members (excludes halogenated alkanes) is 1. The molecule has 0 aromatic rings. The fraction of sp³-hybridized carbons (Fsp3) is 0.909. The van der Waals surface area contributed by atoms with E-state index in [4.69, 9.17) is 4.74 Å². The minimum Gasteiger partial charge on any atom is -0.381 e. The number of amides is 1. The zero-order valence-corrected chi connectivity index (χ0v) is 9.64. The molecule has 0 saturated carbocycles. The fourth-order valence-electron chi connectivity index (χ4n) is 0.938. The number of carbonyl (C=O) groups is 1. The predicted molar refractivity (Wildman–Crippen MR) is 58.2 cm³/mol. The van der Waals surface area contributed by atoms with E-state index in [0.29, 0.717) is 0 Å². The van der Waals surface area contributed by atoms with Crippen LogP contribution >= 0.6 is 0 Å². The summed E-state index contributed by atoms with van der Waals surface area (Å²) < 4.78 is 5.37. The van der Waals surface area contributed by atoms with Crippen LogP contribution in [0.5, 0.6) is 0 Å². The molecule has 0 saturated heterocycles. The van der Waals surface area contributed by atoms with Crippen LogP contribution in [-0.4, -0.2) is 25.7 Å². The van der Waals surface area contributed by atoms with E-state index in [0.717, 1.165) is 32.6 Å². The summed E-state index contributed by atoms with van der Waals surface area (Å²) in [5.41, 5.74) is 0. The fourth-order valence-corrected chi connectivity index (χ4v) is 0.938. The van der Waals surface area contributed by atoms with E-state index in [-0.39, 0.29) is 11.8 Å². The van der Waals surface area contributed by atoms with Gasteiger partial charge in [0.25, 0.3) is 0 Å². The van der Waals surface area contributed by atoms with Gasteiger partial charge in [0.15, 0.2) is 0 Å². The van der Waals surface area contributed by atoms with E-state index in [1.54, 1.807) is 0 Å². The van der Waals surface area contributed by atoms with Gasteiger partial charge in [0.2, 0.25) is 5.91 Å². The predicted octanol–water partition coefficient (Wildman–Crippen LogP) is 1.97. The molecule has 0 aliphatic heterocycles. The Hall–Kier alpha value is -0.570. The topological polar surface area (TPSA) is 38.3 Å². The zero-order chi connectivity index (χ0) is 10.8. The lowest BCUT2D eigenvalue weighted by molar-refractivity contribution is -0.124. The van der Waals surface area contributed by atoms with Crippen molar-refractivity contribution in [3.05, 3.63) is 0 Å². The highest BCUT2D eigenvalue weighted by Gasteiger charge is 2.04. The molecular weight excluding hydrogens is 178 g/mol. The summed E-state index contributed by atoms with van der Waals surface area (Å²) in [6.45, 7) is 8.25. The average molecular weight is 201 g/mol. The lowest BCUT2D eigenvalue weighted by Gasteiger charge is -2.07. The molecule has 3 nitrogen and oxygen atoms in total. The molecule has 0 unspecified atom stereocenters. The van der Waals surface area contributed by atoms with Crippen LogP contribution in [0.25, 0.3) is 0 Å². The summed E-state index contributed by atoms with van der Waals surface area (Å²) in [4.78, 5) is 11.1. The number of carbonyl (C=O) groups excluding carboxylic acids is 1. The first-order valence-electron chi connectivity index (χ1n) is 5.54. The van der Waals surface area contributed by atoms with Gasteiger partial charge in [0.1, 0.15) is 0 Å². The van der Waals surface area contributed by atoms with Crippen molar-refractivity contribution in [1.82, 2.24) is 5.32 Å². The monoisotopic (exact) mass is 201 g/mol. The van der Waals surface area contributed by atoms with E-state index >= 15 is 0 Å². The number of rotatable bonds is 8. The molecule has 0 atom stereocenters. The maximum atomic E-state index is 11.1. The van der Waals surface area contributed by atoms with Crippen LogP contribution in [0.15, 0.2) is 0 Å². The molecule has 0 rings (SSSR count). The van der Waals surface area contributed by atoms with Crippen molar-refractivity contribution in [1.29, 1.82) is 0 Å². The largest absolute Gasteiger partial charge is 0.381 e. The number of hydrogen-bond donors (Lipinski definition) is 1. The van der Waals surface area contributed by atoms with Gasteiger partial charge in [0.05, 0.1) is 0 Å². The van der Waals surface area contributed by atoms with Crippen molar-refractivity contribution in [2.45, 2.75) is 40.0 Å². The van der Waals surface area contributed by atoms with Crippen LogP contribution in [0.3, 0.4) is 0 Å². The maximum absolute atomic E-state index is 11.1. The van der Waals surface area contributed by atoms with Gasteiger partial charge in [0, 0.05) is 25.7 Å². The van der Waals surface area contributed by atoms with E-state index in [2.05, 4.69) is 12.2 Å². The summed E-state index contributed by atoms with van der Waals surface area (Å²) in [7, 11) is 0. The van der Waals surface area contributed by atoms with Crippen LogP contribution in [0.2, 0.25) is 0 Å². The first kappa shape index (κ1) is 13.4. The van der Waals surface area contributed by atoms with Crippen molar-refractivity contribution in [2.24, 2.45) is 5.92 Å². The highest BCUT2D eigenvalue weighted by Crippen LogP contribution is 1.92. The molecular formula is C11H23NO2.